The van der Waals surface area contributed by atoms with Gasteiger partial charge in [-0.25, -0.2) is 23.1 Å². The lowest BCUT2D eigenvalue weighted by atomic mass is 9.83. The molecule has 0 saturated carbocycles. The minimum atomic E-state index is -3.85. The molecule has 1 aromatic carbocycles. The number of hydrogen-bond donors (Lipinski definition) is 2. The van der Waals surface area contributed by atoms with Crippen molar-refractivity contribution in [2.75, 3.05) is 28.9 Å². The molecule has 37 heavy (non-hydrogen) atoms. The summed E-state index contributed by atoms with van der Waals surface area (Å²) in [5.41, 5.74) is 1.57. The molecule has 0 unspecified atom stereocenters. The molecule has 4 heterocycles. The first-order chi connectivity index (χ1) is 17.8. The monoisotopic (exact) mass is 556 g/mol. The van der Waals surface area contributed by atoms with Gasteiger partial charge in [-0.1, -0.05) is 30.0 Å². The first-order valence-electron chi connectivity index (χ1n) is 11.6. The zero-order valence-electron chi connectivity index (χ0n) is 19.6. The molecule has 13 heteroatoms. The lowest BCUT2D eigenvalue weighted by Crippen LogP contribution is -2.48. The molecule has 2 aromatic heterocycles. The number of nitrogens with zero attached hydrogens (tertiary/aromatic N) is 4. The van der Waals surface area contributed by atoms with E-state index in [2.05, 4.69) is 24.9 Å². The summed E-state index contributed by atoms with van der Waals surface area (Å²) in [5.74, 6) is 0.451. The summed E-state index contributed by atoms with van der Waals surface area (Å²) in [6.45, 7) is 2.18. The highest BCUT2D eigenvalue weighted by atomic mass is 32.2. The number of hydrogen-bond acceptors (Lipinski definition) is 8. The van der Waals surface area contributed by atoms with Crippen LogP contribution < -0.4 is 15.6 Å². The fourth-order valence-electron chi connectivity index (χ4n) is 4.71. The molecule has 0 aliphatic carbocycles. The quantitative estimate of drug-likeness (QED) is 0.441. The van der Waals surface area contributed by atoms with Crippen molar-refractivity contribution in [2.45, 2.75) is 23.8 Å². The molecule has 2 aliphatic heterocycles. The van der Waals surface area contributed by atoms with Crippen molar-refractivity contribution in [1.82, 2.24) is 19.4 Å². The maximum atomic E-state index is 12.5. The highest BCUT2D eigenvalue weighted by Gasteiger charge is 2.35. The van der Waals surface area contributed by atoms with Gasteiger partial charge in [0.25, 0.3) is 15.6 Å². The second-order valence-electron chi connectivity index (χ2n) is 8.91. The molecule has 192 valence electrons. The highest BCUT2D eigenvalue weighted by molar-refractivity contribution is 8.23. The Morgan fingerprint density at radius 3 is 2.57 bits per heavy atom. The number of carbonyl (C=O) groups is 1. The van der Waals surface area contributed by atoms with Gasteiger partial charge >= 0.3 is 0 Å². The summed E-state index contributed by atoms with van der Waals surface area (Å²) in [6.07, 6.45) is 3.91. The van der Waals surface area contributed by atoms with Crippen LogP contribution >= 0.6 is 24.0 Å². The molecule has 2 N–H and O–H groups in total. The number of pyridine rings is 1. The normalized spacial score (nSPS) is 18.5. The number of likely N-dealkylation sites (tertiary alicyclic amines) is 1. The van der Waals surface area contributed by atoms with E-state index >= 15 is 0 Å². The Labute approximate surface area is 223 Å². The number of anilines is 2. The molecule has 2 bridgehead atoms. The third-order valence-corrected chi connectivity index (χ3v) is 9.17. The minimum absolute atomic E-state index is 0.0213. The van der Waals surface area contributed by atoms with Crippen LogP contribution in [-0.2, 0) is 21.4 Å². The van der Waals surface area contributed by atoms with Crippen LogP contribution in [-0.4, -0.2) is 56.9 Å². The standard InChI is InChI=1S/C24H24N6O4S3/c31-21(27-18-5-7-19(8-6-18)37(33,34)28-23-25-9-2-10-26-23)15-36-24(35)29-12-16-11-17(14-29)20-3-1-4-22(32)30(20)13-16/h1-10,16-17H,11-15H2,(H,27,31)(H,25,26,28)/t16-,17+/m1/s1. The van der Waals surface area contributed by atoms with Gasteiger partial charge in [0, 0.05) is 55.4 Å². The summed E-state index contributed by atoms with van der Waals surface area (Å²) in [6, 6.07) is 12.8. The summed E-state index contributed by atoms with van der Waals surface area (Å²) in [4.78, 5) is 34.6. The number of sulfonamides is 1. The van der Waals surface area contributed by atoms with Crippen LogP contribution in [0.25, 0.3) is 0 Å². The number of benzene rings is 1. The molecule has 1 amide bonds. The Balaban J connectivity index is 1.13. The van der Waals surface area contributed by atoms with Crippen LogP contribution in [0.4, 0.5) is 11.6 Å². The van der Waals surface area contributed by atoms with Gasteiger partial charge in [-0.3, -0.25) is 9.59 Å². The van der Waals surface area contributed by atoms with Gasteiger partial charge in [-0.05, 0) is 48.7 Å². The van der Waals surface area contributed by atoms with E-state index in [9.17, 15) is 18.0 Å². The number of carbonyl (C=O) groups excluding carboxylic acids is 1. The topological polar surface area (TPSA) is 126 Å². The van der Waals surface area contributed by atoms with E-state index in [-0.39, 0.29) is 34.0 Å². The van der Waals surface area contributed by atoms with Crippen molar-refractivity contribution in [3.05, 3.63) is 77.0 Å². The first-order valence-corrected chi connectivity index (χ1v) is 14.5. The van der Waals surface area contributed by atoms with Crippen LogP contribution in [0.1, 0.15) is 18.0 Å². The van der Waals surface area contributed by atoms with Crippen LogP contribution in [0, 0.1) is 5.92 Å². The van der Waals surface area contributed by atoms with E-state index in [1.165, 1.54) is 48.4 Å². The van der Waals surface area contributed by atoms with Gasteiger partial charge in [0.1, 0.15) is 4.32 Å². The molecule has 3 aromatic rings. The molecule has 5 rings (SSSR count). The molecular weight excluding hydrogens is 533 g/mol. The third-order valence-electron chi connectivity index (χ3n) is 6.30. The van der Waals surface area contributed by atoms with Gasteiger partial charge in [0.15, 0.2) is 0 Å². The van der Waals surface area contributed by atoms with Crippen LogP contribution in [0.5, 0.6) is 0 Å². The molecule has 2 atom stereocenters. The van der Waals surface area contributed by atoms with Crippen molar-refractivity contribution in [2.24, 2.45) is 5.92 Å². The van der Waals surface area contributed by atoms with Crippen molar-refractivity contribution < 1.29 is 13.2 Å². The third kappa shape index (κ3) is 5.84. The predicted molar refractivity (Wildman–Crippen MR) is 146 cm³/mol. The second-order valence-corrected chi connectivity index (χ2v) is 12.2. The number of thiocarbonyl (C=S) groups is 1. The molecule has 1 saturated heterocycles. The number of fused-ring (bicyclic) bond motifs is 4. The zero-order valence-corrected chi connectivity index (χ0v) is 22.1. The Morgan fingerprint density at radius 1 is 1.05 bits per heavy atom. The average Bonchev–Trinajstić information content (AvgIpc) is 2.88. The number of thioether (sulfide) groups is 1. The van der Waals surface area contributed by atoms with E-state index in [1.54, 1.807) is 18.2 Å². The number of piperidine rings is 1. The number of aromatic nitrogens is 3. The fraction of sp³-hybridized carbons (Fsp3) is 0.292. The lowest BCUT2D eigenvalue weighted by Gasteiger charge is -2.43. The first kappa shape index (κ1) is 25.4. The van der Waals surface area contributed by atoms with E-state index in [1.807, 2.05) is 10.6 Å². The van der Waals surface area contributed by atoms with E-state index in [0.717, 1.165) is 25.2 Å². The van der Waals surface area contributed by atoms with Gasteiger partial charge < -0.3 is 14.8 Å². The number of rotatable bonds is 6. The van der Waals surface area contributed by atoms with Crippen molar-refractivity contribution in [3.63, 3.8) is 0 Å². The van der Waals surface area contributed by atoms with E-state index in [4.69, 9.17) is 12.2 Å². The number of amides is 1. The van der Waals surface area contributed by atoms with Gasteiger partial charge in [0.2, 0.25) is 11.9 Å². The molecule has 0 spiro atoms. The minimum Gasteiger partial charge on any atom is -0.356 e. The van der Waals surface area contributed by atoms with Gasteiger partial charge in [0.05, 0.1) is 10.6 Å². The Hall–Kier alpha value is -3.29. The molecule has 10 nitrogen and oxygen atoms in total. The van der Waals surface area contributed by atoms with E-state index in [0.29, 0.717) is 22.5 Å². The average molecular weight is 557 g/mol. The smallest absolute Gasteiger partial charge is 0.264 e. The van der Waals surface area contributed by atoms with Crippen molar-refractivity contribution in [1.29, 1.82) is 0 Å². The SMILES string of the molecule is O=C(CSC(=S)N1C[C@H]2C[C@@H](C1)c1cccc(=O)n1C2)Nc1ccc(S(=O)(=O)Nc2ncccn2)cc1. The Bertz CT molecular complexity index is 1480. The van der Waals surface area contributed by atoms with E-state index < -0.39 is 10.0 Å². The maximum Gasteiger partial charge on any atom is 0.264 e. The maximum absolute atomic E-state index is 12.5. The largest absolute Gasteiger partial charge is 0.356 e. The predicted octanol–water partition coefficient (Wildman–Crippen LogP) is 2.52. The second kappa shape index (κ2) is 10.6. The fourth-order valence-corrected chi connectivity index (χ4v) is 6.65. The summed E-state index contributed by atoms with van der Waals surface area (Å²) in [7, 11) is -3.85. The number of nitrogens with one attached hydrogen (secondary N) is 2. The lowest BCUT2D eigenvalue weighted by molar-refractivity contribution is -0.113. The summed E-state index contributed by atoms with van der Waals surface area (Å²) in [5, 5.41) is 2.77. The highest BCUT2D eigenvalue weighted by Crippen LogP contribution is 2.36. The van der Waals surface area contributed by atoms with Crippen LogP contribution in [0.15, 0.2) is 70.6 Å². The molecular formula is C24H24N6O4S3. The summed E-state index contributed by atoms with van der Waals surface area (Å²) < 4.78 is 29.8. The van der Waals surface area contributed by atoms with Gasteiger partial charge in [-0.15, -0.1) is 0 Å². The van der Waals surface area contributed by atoms with Crippen LogP contribution in [0.3, 0.4) is 0 Å². The van der Waals surface area contributed by atoms with Crippen LogP contribution in [0.2, 0.25) is 0 Å². The molecule has 1 fully saturated rings. The Kier molecular flexibility index (Phi) is 7.26. The molecule has 2 aliphatic rings. The summed E-state index contributed by atoms with van der Waals surface area (Å²) >= 11 is 6.93. The van der Waals surface area contributed by atoms with Gasteiger partial charge in [-0.2, -0.15) is 0 Å². The zero-order chi connectivity index (χ0) is 26.0. The van der Waals surface area contributed by atoms with Crippen molar-refractivity contribution in [3.8, 4) is 0 Å². The Morgan fingerprint density at radius 2 is 1.81 bits per heavy atom. The van der Waals surface area contributed by atoms with Crippen molar-refractivity contribution >= 4 is 55.9 Å². The molecule has 0 radical (unpaired) electrons.